The predicted octanol–water partition coefficient (Wildman–Crippen LogP) is 3.51. The van der Waals surface area contributed by atoms with E-state index in [9.17, 15) is 4.79 Å². The van der Waals surface area contributed by atoms with Gasteiger partial charge in [0.2, 0.25) is 0 Å². The van der Waals surface area contributed by atoms with E-state index in [1.165, 1.54) is 17.8 Å². The molecule has 4 rings (SSSR count). The zero-order valence-corrected chi connectivity index (χ0v) is 17.0. The zero-order valence-electron chi connectivity index (χ0n) is 15.4. The third-order valence-corrected chi connectivity index (χ3v) is 5.89. The molecule has 1 atom stereocenters. The molecule has 1 saturated heterocycles. The molecule has 146 valence electrons. The average Bonchev–Trinajstić information content (AvgIpc) is 3.26. The molecule has 28 heavy (non-hydrogen) atoms. The van der Waals surface area contributed by atoms with Gasteiger partial charge in [0, 0.05) is 13.1 Å². The van der Waals surface area contributed by atoms with Gasteiger partial charge in [-0.2, -0.15) is 5.10 Å². The minimum atomic E-state index is -0.635. The number of hydrogen-bond donors (Lipinski definition) is 2. The lowest BCUT2D eigenvalue weighted by atomic mass is 10.0. The highest BCUT2D eigenvalue weighted by atomic mass is 35.5. The second-order valence-corrected chi connectivity index (χ2v) is 8.75. The highest BCUT2D eigenvalue weighted by Crippen LogP contribution is 2.26. The number of hydrogen-bond acceptors (Lipinski definition) is 6. The smallest absolute Gasteiger partial charge is 0.261 e. The first-order chi connectivity index (χ1) is 13.5. The summed E-state index contributed by atoms with van der Waals surface area (Å²) < 4.78 is 0.593. The first-order valence-electron chi connectivity index (χ1n) is 9.11. The fraction of sp³-hybridized carbons (Fsp3) is 0.300. The Morgan fingerprint density at radius 2 is 2.14 bits per heavy atom. The minimum absolute atomic E-state index is 0.158. The molecule has 2 aliphatic rings. The van der Waals surface area contributed by atoms with E-state index < -0.39 is 5.60 Å². The number of thiophene rings is 1. The molecule has 8 heteroatoms. The first kappa shape index (κ1) is 19.0. The second kappa shape index (κ2) is 7.95. The van der Waals surface area contributed by atoms with Crippen LogP contribution in [0.5, 0.6) is 0 Å². The lowest BCUT2D eigenvalue weighted by Crippen LogP contribution is -2.40. The Labute approximate surface area is 172 Å². The zero-order chi connectivity index (χ0) is 19.6. The molecule has 2 aliphatic heterocycles. The van der Waals surface area contributed by atoms with Gasteiger partial charge in [-0.15, -0.1) is 11.3 Å². The van der Waals surface area contributed by atoms with Crippen molar-refractivity contribution in [1.29, 1.82) is 0 Å². The van der Waals surface area contributed by atoms with Gasteiger partial charge in [-0.25, -0.2) is 0 Å². The summed E-state index contributed by atoms with van der Waals surface area (Å²) in [5, 5.41) is 9.37. The Balaban J connectivity index is 1.37. The van der Waals surface area contributed by atoms with Gasteiger partial charge in [0.25, 0.3) is 5.91 Å². The molecule has 1 aromatic heterocycles. The van der Waals surface area contributed by atoms with Crippen LogP contribution < -0.4 is 10.8 Å². The number of rotatable bonds is 6. The lowest BCUT2D eigenvalue weighted by molar-refractivity contribution is -0.0194. The van der Waals surface area contributed by atoms with Crippen LogP contribution in [0.25, 0.3) is 5.70 Å². The fourth-order valence-electron chi connectivity index (χ4n) is 2.86. The summed E-state index contributed by atoms with van der Waals surface area (Å²) in [6.45, 7) is 4.34. The molecule has 0 radical (unpaired) electrons. The SMILES string of the molecule is CC1(CNC(=O)c2ccc(Cl)s2)C=C(c2ccc(C=NN3CCC3)cc2)NO1. The molecule has 6 nitrogen and oxygen atoms in total. The van der Waals surface area contributed by atoms with Crippen LogP contribution in [-0.2, 0) is 4.84 Å². The van der Waals surface area contributed by atoms with Crippen molar-refractivity contribution < 1.29 is 9.63 Å². The van der Waals surface area contributed by atoms with E-state index in [1.54, 1.807) is 12.1 Å². The van der Waals surface area contributed by atoms with Crippen molar-refractivity contribution in [3.63, 3.8) is 0 Å². The number of halogens is 1. The van der Waals surface area contributed by atoms with Crippen LogP contribution in [0.3, 0.4) is 0 Å². The number of hydrazone groups is 1. The van der Waals surface area contributed by atoms with Crippen molar-refractivity contribution in [1.82, 2.24) is 15.8 Å². The van der Waals surface area contributed by atoms with E-state index >= 15 is 0 Å². The van der Waals surface area contributed by atoms with E-state index in [-0.39, 0.29) is 5.91 Å². The fourth-order valence-corrected chi connectivity index (χ4v) is 3.82. The van der Waals surface area contributed by atoms with E-state index in [1.807, 2.05) is 48.5 Å². The summed E-state index contributed by atoms with van der Waals surface area (Å²) in [6, 6.07) is 11.5. The van der Waals surface area contributed by atoms with Crippen LogP contribution in [0.2, 0.25) is 4.34 Å². The lowest BCUT2D eigenvalue weighted by Gasteiger charge is -2.27. The molecule has 2 aromatic rings. The Hall–Kier alpha value is -2.35. The van der Waals surface area contributed by atoms with Crippen LogP contribution in [0.15, 0.2) is 47.6 Å². The average molecular weight is 417 g/mol. The van der Waals surface area contributed by atoms with Gasteiger partial charge in [-0.1, -0.05) is 35.9 Å². The van der Waals surface area contributed by atoms with Crippen molar-refractivity contribution in [3.05, 3.63) is 62.8 Å². The molecular weight excluding hydrogens is 396 g/mol. The summed E-state index contributed by atoms with van der Waals surface area (Å²) in [5.41, 5.74) is 5.28. The Morgan fingerprint density at radius 1 is 1.36 bits per heavy atom. The van der Waals surface area contributed by atoms with Crippen LogP contribution in [-0.4, -0.2) is 42.4 Å². The predicted molar refractivity (Wildman–Crippen MR) is 112 cm³/mol. The second-order valence-electron chi connectivity index (χ2n) is 7.04. The highest BCUT2D eigenvalue weighted by Gasteiger charge is 2.31. The van der Waals surface area contributed by atoms with E-state index in [0.717, 1.165) is 29.9 Å². The molecule has 2 N–H and O–H groups in total. The normalized spacial score (nSPS) is 21.4. The molecule has 1 unspecified atom stereocenters. The van der Waals surface area contributed by atoms with Gasteiger partial charge < -0.3 is 5.32 Å². The van der Waals surface area contributed by atoms with E-state index in [2.05, 4.69) is 15.9 Å². The number of carbonyl (C=O) groups is 1. The van der Waals surface area contributed by atoms with Crippen LogP contribution in [0.1, 0.15) is 34.1 Å². The molecular formula is C20H21ClN4O2S. The van der Waals surface area contributed by atoms with Crippen molar-refractivity contribution in [2.24, 2.45) is 5.10 Å². The van der Waals surface area contributed by atoms with Crippen molar-refractivity contribution >= 4 is 40.8 Å². The number of nitrogens with zero attached hydrogens (tertiary/aromatic N) is 2. The van der Waals surface area contributed by atoms with Gasteiger partial charge >= 0.3 is 0 Å². The molecule has 1 amide bonds. The molecule has 0 saturated carbocycles. The molecule has 0 bridgehead atoms. The van der Waals surface area contributed by atoms with Crippen LogP contribution in [0.4, 0.5) is 0 Å². The summed E-state index contributed by atoms with van der Waals surface area (Å²) in [6.07, 6.45) is 5.08. The maximum absolute atomic E-state index is 12.2. The number of benzene rings is 1. The Bertz CT molecular complexity index is 921. The molecule has 0 aliphatic carbocycles. The Morgan fingerprint density at radius 3 is 2.79 bits per heavy atom. The molecule has 3 heterocycles. The van der Waals surface area contributed by atoms with Gasteiger partial charge in [0.15, 0.2) is 0 Å². The summed E-state index contributed by atoms with van der Waals surface area (Å²) in [5.74, 6) is -0.158. The van der Waals surface area contributed by atoms with Crippen LogP contribution >= 0.6 is 22.9 Å². The van der Waals surface area contributed by atoms with Gasteiger partial charge in [0.1, 0.15) is 5.60 Å². The molecule has 0 spiro atoms. The largest absolute Gasteiger partial charge is 0.348 e. The van der Waals surface area contributed by atoms with Crippen molar-refractivity contribution in [2.45, 2.75) is 18.9 Å². The highest BCUT2D eigenvalue weighted by molar-refractivity contribution is 7.17. The van der Waals surface area contributed by atoms with Crippen molar-refractivity contribution in [3.8, 4) is 0 Å². The maximum Gasteiger partial charge on any atom is 0.261 e. The first-order valence-corrected chi connectivity index (χ1v) is 10.3. The summed E-state index contributed by atoms with van der Waals surface area (Å²) >= 11 is 7.14. The standard InChI is InChI=1S/C20H21ClN4O2S/c1-20(13-22-19(26)17-7-8-18(21)28-17)11-16(24-27-20)15-5-3-14(4-6-15)12-23-25-9-2-10-25/h3-8,11-12,24H,2,9-10,13H2,1H3,(H,22,26). The topological polar surface area (TPSA) is 66.0 Å². The van der Waals surface area contributed by atoms with Crippen molar-refractivity contribution in [2.75, 3.05) is 19.6 Å². The van der Waals surface area contributed by atoms with E-state index in [4.69, 9.17) is 16.4 Å². The molecule has 1 fully saturated rings. The summed E-state index contributed by atoms with van der Waals surface area (Å²) in [4.78, 5) is 18.5. The maximum atomic E-state index is 12.2. The number of nitrogens with one attached hydrogen (secondary N) is 2. The minimum Gasteiger partial charge on any atom is -0.348 e. The van der Waals surface area contributed by atoms with Crippen LogP contribution in [0, 0.1) is 0 Å². The van der Waals surface area contributed by atoms with E-state index in [0.29, 0.717) is 15.8 Å². The van der Waals surface area contributed by atoms with Gasteiger partial charge in [-0.05, 0) is 42.7 Å². The third-order valence-electron chi connectivity index (χ3n) is 4.67. The molecule has 1 aromatic carbocycles. The summed E-state index contributed by atoms with van der Waals surface area (Å²) in [7, 11) is 0. The monoisotopic (exact) mass is 416 g/mol. The number of hydroxylamine groups is 1. The number of carbonyl (C=O) groups excluding carboxylic acids is 1. The Kier molecular flexibility index (Phi) is 5.39. The van der Waals surface area contributed by atoms with Gasteiger partial charge in [0.05, 0.1) is 27.7 Å². The number of amides is 1. The quantitative estimate of drug-likeness (QED) is 0.707. The van der Waals surface area contributed by atoms with Gasteiger partial charge in [-0.3, -0.25) is 20.1 Å². The third kappa shape index (κ3) is 4.38.